The summed E-state index contributed by atoms with van der Waals surface area (Å²) < 4.78 is 46.4. The molecule has 1 heterocycles. The highest BCUT2D eigenvalue weighted by Gasteiger charge is 2.27. The summed E-state index contributed by atoms with van der Waals surface area (Å²) in [6, 6.07) is 8.07. The average Bonchev–Trinajstić information content (AvgIpc) is 2.70. The van der Waals surface area contributed by atoms with Crippen LogP contribution in [-0.4, -0.2) is 38.8 Å². The van der Waals surface area contributed by atoms with Crippen molar-refractivity contribution in [1.82, 2.24) is 4.31 Å². The van der Waals surface area contributed by atoms with Crippen molar-refractivity contribution in [2.24, 2.45) is 0 Å². The number of rotatable bonds is 5. The van der Waals surface area contributed by atoms with Gasteiger partial charge in [-0.1, -0.05) is 6.42 Å². The van der Waals surface area contributed by atoms with E-state index in [1.54, 1.807) is 0 Å². The van der Waals surface area contributed by atoms with Crippen LogP contribution in [0.3, 0.4) is 0 Å². The lowest BCUT2D eigenvalue weighted by atomic mass is 10.2. The molecule has 1 aliphatic rings. The molecule has 1 aliphatic heterocycles. The zero-order valence-electron chi connectivity index (χ0n) is 15.2. The zero-order chi connectivity index (χ0) is 20.3. The van der Waals surface area contributed by atoms with Gasteiger partial charge in [0.15, 0.2) is 0 Å². The Kier molecular flexibility index (Phi) is 6.36. The number of ether oxygens (including phenoxy) is 1. The second-order valence-corrected chi connectivity index (χ2v) is 9.20. The van der Waals surface area contributed by atoms with Gasteiger partial charge in [0.2, 0.25) is 10.0 Å². The summed E-state index contributed by atoms with van der Waals surface area (Å²) in [4.78, 5) is 12.7. The van der Waals surface area contributed by atoms with E-state index in [1.807, 2.05) is 0 Å². The Hall–Kier alpha value is -1.97. The number of carbonyl (C=O) groups excluding carboxylic acids is 1. The van der Waals surface area contributed by atoms with E-state index in [4.69, 9.17) is 4.74 Å². The molecule has 0 aromatic heterocycles. The molecule has 0 unspecified atom stereocenters. The summed E-state index contributed by atoms with van der Waals surface area (Å²) in [6.45, 7) is 0.957. The van der Waals surface area contributed by atoms with Crippen molar-refractivity contribution < 1.29 is 22.3 Å². The summed E-state index contributed by atoms with van der Waals surface area (Å²) in [5.74, 6) is -0.836. The van der Waals surface area contributed by atoms with Crippen LogP contribution in [0.15, 0.2) is 45.8 Å². The Morgan fingerprint density at radius 3 is 2.54 bits per heavy atom. The number of carbonyl (C=O) groups is 1. The molecule has 0 saturated carbocycles. The molecule has 0 bridgehead atoms. The van der Waals surface area contributed by atoms with Gasteiger partial charge in [-0.2, -0.15) is 4.31 Å². The molecule has 6 nitrogen and oxygen atoms in total. The summed E-state index contributed by atoms with van der Waals surface area (Å²) in [5, 5.41) is 2.62. The lowest BCUT2D eigenvalue weighted by Gasteiger charge is -2.26. The summed E-state index contributed by atoms with van der Waals surface area (Å²) in [5.41, 5.74) is 0.285. The van der Waals surface area contributed by atoms with Gasteiger partial charge in [-0.25, -0.2) is 12.8 Å². The first-order chi connectivity index (χ1) is 13.3. The maximum absolute atomic E-state index is 13.5. The van der Waals surface area contributed by atoms with Gasteiger partial charge in [0.05, 0.1) is 23.3 Å². The van der Waals surface area contributed by atoms with Crippen LogP contribution >= 0.6 is 15.9 Å². The third-order valence-corrected chi connectivity index (χ3v) is 7.13. The molecule has 1 N–H and O–H groups in total. The Balaban J connectivity index is 1.93. The van der Waals surface area contributed by atoms with Crippen LogP contribution in [0.25, 0.3) is 0 Å². The van der Waals surface area contributed by atoms with E-state index in [0.717, 1.165) is 25.3 Å². The second kappa shape index (κ2) is 8.59. The van der Waals surface area contributed by atoms with E-state index >= 15 is 0 Å². The second-order valence-electron chi connectivity index (χ2n) is 6.41. The fraction of sp³-hybridized carbons (Fsp3) is 0.316. The molecule has 0 aliphatic carbocycles. The molecular formula is C19H20BrFN2O4S. The topological polar surface area (TPSA) is 75.7 Å². The van der Waals surface area contributed by atoms with Gasteiger partial charge in [0.25, 0.3) is 5.91 Å². The number of nitrogens with zero attached hydrogens (tertiary/aromatic N) is 1. The number of nitrogens with one attached hydrogen (secondary N) is 1. The zero-order valence-corrected chi connectivity index (χ0v) is 17.6. The van der Waals surface area contributed by atoms with Gasteiger partial charge in [-0.15, -0.1) is 0 Å². The lowest BCUT2D eigenvalue weighted by molar-refractivity contribution is 0.102. The number of benzene rings is 2. The standard InChI is InChI=1S/C19H20BrFN2O4S/c1-27-18-8-6-14(28(25,26)23-9-3-2-4-10-23)12-17(18)22-19(24)15-11-13(21)5-7-16(15)20/h5-8,11-12H,2-4,9-10H2,1H3,(H,22,24). The van der Waals surface area contributed by atoms with Gasteiger partial charge >= 0.3 is 0 Å². The van der Waals surface area contributed by atoms with Crippen molar-refractivity contribution in [1.29, 1.82) is 0 Å². The molecule has 9 heteroatoms. The number of methoxy groups -OCH3 is 1. The highest BCUT2D eigenvalue weighted by molar-refractivity contribution is 9.10. The van der Waals surface area contributed by atoms with Gasteiger partial charge in [0, 0.05) is 17.6 Å². The molecule has 0 radical (unpaired) electrons. The molecule has 150 valence electrons. The fourth-order valence-electron chi connectivity index (χ4n) is 3.06. The van der Waals surface area contributed by atoms with Crippen LogP contribution in [0.5, 0.6) is 5.75 Å². The monoisotopic (exact) mass is 470 g/mol. The van der Waals surface area contributed by atoms with Gasteiger partial charge in [0.1, 0.15) is 11.6 Å². The minimum atomic E-state index is -3.67. The first-order valence-electron chi connectivity index (χ1n) is 8.77. The molecule has 0 spiro atoms. The predicted octanol–water partition coefficient (Wildman–Crippen LogP) is 4.02. The Bertz CT molecular complexity index is 991. The summed E-state index contributed by atoms with van der Waals surface area (Å²) in [7, 11) is -2.25. The number of sulfonamides is 1. The molecule has 1 saturated heterocycles. The maximum Gasteiger partial charge on any atom is 0.257 e. The number of piperidine rings is 1. The Morgan fingerprint density at radius 2 is 1.86 bits per heavy atom. The van der Waals surface area contributed by atoms with Crippen LogP contribution < -0.4 is 10.1 Å². The smallest absolute Gasteiger partial charge is 0.257 e. The molecular weight excluding hydrogens is 451 g/mol. The maximum atomic E-state index is 13.5. The van der Waals surface area contributed by atoms with Crippen molar-refractivity contribution in [2.75, 3.05) is 25.5 Å². The Labute approximate surface area is 171 Å². The minimum Gasteiger partial charge on any atom is -0.495 e. The quantitative estimate of drug-likeness (QED) is 0.715. The summed E-state index contributed by atoms with van der Waals surface area (Å²) in [6.07, 6.45) is 2.66. The van der Waals surface area contributed by atoms with Gasteiger partial charge < -0.3 is 10.1 Å². The minimum absolute atomic E-state index is 0.0730. The number of halogens is 2. The fourth-order valence-corrected chi connectivity index (χ4v) is 5.03. The molecule has 0 atom stereocenters. The lowest BCUT2D eigenvalue weighted by Crippen LogP contribution is -2.35. The number of amides is 1. The highest BCUT2D eigenvalue weighted by atomic mass is 79.9. The van der Waals surface area contributed by atoms with Crippen LogP contribution in [0.4, 0.5) is 10.1 Å². The third-order valence-electron chi connectivity index (χ3n) is 4.54. The Morgan fingerprint density at radius 1 is 1.14 bits per heavy atom. The molecule has 2 aromatic carbocycles. The largest absolute Gasteiger partial charge is 0.495 e. The van der Waals surface area contributed by atoms with Crippen molar-refractivity contribution in [3.63, 3.8) is 0 Å². The van der Waals surface area contributed by atoms with E-state index in [2.05, 4.69) is 21.2 Å². The normalized spacial score (nSPS) is 15.2. The SMILES string of the molecule is COc1ccc(S(=O)(=O)N2CCCCC2)cc1NC(=O)c1cc(F)ccc1Br. The van der Waals surface area contributed by atoms with Crippen LogP contribution in [0, 0.1) is 5.82 Å². The van der Waals surface area contributed by atoms with E-state index in [-0.39, 0.29) is 16.1 Å². The van der Waals surface area contributed by atoms with Gasteiger partial charge in [-0.3, -0.25) is 4.79 Å². The van der Waals surface area contributed by atoms with Crippen molar-refractivity contribution in [3.05, 3.63) is 52.3 Å². The molecule has 1 fully saturated rings. The number of hydrogen-bond acceptors (Lipinski definition) is 4. The van der Waals surface area contributed by atoms with E-state index in [9.17, 15) is 17.6 Å². The van der Waals surface area contributed by atoms with Crippen molar-refractivity contribution in [3.8, 4) is 5.75 Å². The van der Waals surface area contributed by atoms with Gasteiger partial charge in [-0.05, 0) is 65.2 Å². The van der Waals surface area contributed by atoms with Crippen molar-refractivity contribution >= 4 is 37.5 Å². The molecule has 2 aromatic rings. The predicted molar refractivity (Wildman–Crippen MR) is 108 cm³/mol. The van der Waals surface area contributed by atoms with Crippen LogP contribution in [0.2, 0.25) is 0 Å². The molecule has 3 rings (SSSR count). The first kappa shape index (κ1) is 20.8. The van der Waals surface area contributed by atoms with E-state index < -0.39 is 21.7 Å². The number of anilines is 1. The number of hydrogen-bond donors (Lipinski definition) is 1. The first-order valence-corrected chi connectivity index (χ1v) is 11.0. The van der Waals surface area contributed by atoms with E-state index in [0.29, 0.717) is 23.3 Å². The average molecular weight is 471 g/mol. The van der Waals surface area contributed by atoms with E-state index in [1.165, 1.54) is 41.7 Å². The van der Waals surface area contributed by atoms with Crippen LogP contribution in [-0.2, 0) is 10.0 Å². The summed E-state index contributed by atoms with van der Waals surface area (Å²) >= 11 is 3.22. The van der Waals surface area contributed by atoms with Crippen molar-refractivity contribution in [2.45, 2.75) is 24.2 Å². The van der Waals surface area contributed by atoms with Crippen LogP contribution in [0.1, 0.15) is 29.6 Å². The highest BCUT2D eigenvalue weighted by Crippen LogP contribution is 2.31. The molecule has 28 heavy (non-hydrogen) atoms. The third kappa shape index (κ3) is 4.37. The molecule has 1 amide bonds.